The fraction of sp³-hybridized carbons (Fsp3) is 0.429. The minimum absolute atomic E-state index is 0.0190. The fourth-order valence-electron chi connectivity index (χ4n) is 4.21. The average molecular weight is 380 g/mol. The number of aryl methyl sites for hydroxylation is 1. The first-order chi connectivity index (χ1) is 13.6. The lowest BCUT2D eigenvalue weighted by molar-refractivity contribution is -0.138. The molecule has 2 saturated heterocycles. The predicted octanol–water partition coefficient (Wildman–Crippen LogP) is 2.12. The van der Waals surface area contributed by atoms with Gasteiger partial charge in [0.05, 0.1) is 11.9 Å². The molecule has 28 heavy (non-hydrogen) atoms. The Morgan fingerprint density at radius 3 is 2.46 bits per heavy atom. The molecule has 0 aliphatic carbocycles. The van der Waals surface area contributed by atoms with Gasteiger partial charge in [0.15, 0.2) is 6.61 Å². The summed E-state index contributed by atoms with van der Waals surface area (Å²) in [7, 11) is 0. The van der Waals surface area contributed by atoms with E-state index >= 15 is 0 Å². The van der Waals surface area contributed by atoms with Crippen LogP contribution in [-0.2, 0) is 4.79 Å². The number of carbonyl (C=O) groups is 2. The number of piperidine rings is 1. The van der Waals surface area contributed by atoms with Gasteiger partial charge in [-0.15, -0.1) is 0 Å². The van der Waals surface area contributed by atoms with E-state index in [4.69, 9.17) is 4.74 Å². The highest BCUT2D eigenvalue weighted by Gasteiger charge is 2.43. The molecule has 3 atom stereocenters. The van der Waals surface area contributed by atoms with Gasteiger partial charge in [-0.2, -0.15) is 0 Å². The second kappa shape index (κ2) is 7.96. The Bertz CT molecular complexity index is 826. The molecule has 0 radical (unpaired) electrons. The molecule has 2 bridgehead atoms. The van der Waals surface area contributed by atoms with Crippen LogP contribution in [0.5, 0.6) is 5.75 Å². The topological polar surface area (TPSA) is 84.4 Å². The SMILES string of the molecule is Cc1cnc(C(=O)NC2C[C@H]3CC[C@@H](C2)N3C(=O)COc2ccccc2)cn1. The minimum atomic E-state index is -0.205. The number of hydrogen-bond donors (Lipinski definition) is 1. The van der Waals surface area contributed by atoms with E-state index in [0.717, 1.165) is 31.4 Å². The van der Waals surface area contributed by atoms with Crippen molar-refractivity contribution in [3.8, 4) is 5.75 Å². The number of aromatic nitrogens is 2. The van der Waals surface area contributed by atoms with Gasteiger partial charge in [-0.25, -0.2) is 4.98 Å². The zero-order chi connectivity index (χ0) is 19.5. The molecule has 1 aromatic heterocycles. The van der Waals surface area contributed by atoms with Crippen LogP contribution in [0.1, 0.15) is 41.9 Å². The number of hydrogen-bond acceptors (Lipinski definition) is 5. The Morgan fingerprint density at radius 1 is 1.11 bits per heavy atom. The molecule has 2 aliphatic heterocycles. The predicted molar refractivity (Wildman–Crippen MR) is 103 cm³/mol. The maximum absolute atomic E-state index is 12.7. The summed E-state index contributed by atoms with van der Waals surface area (Å²) in [6.45, 7) is 1.88. The lowest BCUT2D eigenvalue weighted by atomic mass is 9.97. The normalized spacial score (nSPS) is 23.3. The molecule has 146 valence electrons. The molecular formula is C21H24N4O3. The number of nitrogens with zero attached hydrogens (tertiary/aromatic N) is 3. The van der Waals surface area contributed by atoms with E-state index in [1.54, 1.807) is 6.20 Å². The van der Waals surface area contributed by atoms with Crippen molar-refractivity contribution in [3.63, 3.8) is 0 Å². The van der Waals surface area contributed by atoms with E-state index in [1.165, 1.54) is 6.20 Å². The summed E-state index contributed by atoms with van der Waals surface area (Å²) in [5, 5.41) is 3.06. The number of ether oxygens (including phenoxy) is 1. The van der Waals surface area contributed by atoms with Gasteiger partial charge in [-0.3, -0.25) is 14.6 Å². The van der Waals surface area contributed by atoms with Gasteiger partial charge in [-0.1, -0.05) is 18.2 Å². The first-order valence-corrected chi connectivity index (χ1v) is 9.68. The minimum Gasteiger partial charge on any atom is -0.484 e. The van der Waals surface area contributed by atoms with Gasteiger partial charge in [-0.05, 0) is 44.7 Å². The second-order valence-corrected chi connectivity index (χ2v) is 7.47. The lowest BCUT2D eigenvalue weighted by Gasteiger charge is -2.39. The molecule has 1 aromatic carbocycles. The van der Waals surface area contributed by atoms with Gasteiger partial charge < -0.3 is 15.0 Å². The summed E-state index contributed by atoms with van der Waals surface area (Å²) in [6, 6.07) is 9.73. The molecule has 0 saturated carbocycles. The molecule has 2 amide bonds. The Kier molecular flexibility index (Phi) is 5.23. The second-order valence-electron chi connectivity index (χ2n) is 7.47. The van der Waals surface area contributed by atoms with Gasteiger partial charge in [0.2, 0.25) is 0 Å². The van der Waals surface area contributed by atoms with E-state index in [-0.39, 0.29) is 36.5 Å². The highest BCUT2D eigenvalue weighted by atomic mass is 16.5. The van der Waals surface area contributed by atoms with Gasteiger partial charge in [0.1, 0.15) is 11.4 Å². The first-order valence-electron chi connectivity index (χ1n) is 9.68. The van der Waals surface area contributed by atoms with E-state index < -0.39 is 0 Å². The number of amides is 2. The highest BCUT2D eigenvalue weighted by Crippen LogP contribution is 2.36. The number of rotatable bonds is 5. The van der Waals surface area contributed by atoms with Crippen molar-refractivity contribution in [1.82, 2.24) is 20.2 Å². The van der Waals surface area contributed by atoms with E-state index in [9.17, 15) is 9.59 Å². The van der Waals surface area contributed by atoms with Crippen molar-refractivity contribution in [3.05, 3.63) is 54.1 Å². The number of benzene rings is 1. The molecule has 2 fully saturated rings. The zero-order valence-corrected chi connectivity index (χ0v) is 15.9. The van der Waals surface area contributed by atoms with Crippen molar-refractivity contribution < 1.29 is 14.3 Å². The molecule has 4 rings (SSSR count). The monoisotopic (exact) mass is 380 g/mol. The third-order valence-electron chi connectivity index (χ3n) is 5.48. The van der Waals surface area contributed by atoms with Crippen LogP contribution < -0.4 is 10.1 Å². The zero-order valence-electron chi connectivity index (χ0n) is 15.9. The molecule has 2 aliphatic rings. The van der Waals surface area contributed by atoms with Crippen LogP contribution in [0.15, 0.2) is 42.7 Å². The van der Waals surface area contributed by atoms with Crippen LogP contribution in [0.3, 0.4) is 0 Å². The fourth-order valence-corrected chi connectivity index (χ4v) is 4.21. The summed E-state index contributed by atoms with van der Waals surface area (Å²) in [5.41, 5.74) is 1.10. The summed E-state index contributed by atoms with van der Waals surface area (Å²) in [6.07, 6.45) is 6.56. The Hall–Kier alpha value is -2.96. The highest BCUT2D eigenvalue weighted by molar-refractivity contribution is 5.92. The quantitative estimate of drug-likeness (QED) is 0.859. The van der Waals surface area contributed by atoms with Crippen molar-refractivity contribution in [1.29, 1.82) is 0 Å². The molecule has 3 heterocycles. The number of nitrogens with one attached hydrogen (secondary N) is 1. The summed E-state index contributed by atoms with van der Waals surface area (Å²) < 4.78 is 5.63. The molecule has 0 spiro atoms. The van der Waals surface area contributed by atoms with Crippen LogP contribution in [0.25, 0.3) is 0 Å². The molecule has 7 nitrogen and oxygen atoms in total. The number of carbonyl (C=O) groups excluding carboxylic acids is 2. The van der Waals surface area contributed by atoms with Crippen LogP contribution >= 0.6 is 0 Å². The molecule has 1 unspecified atom stereocenters. The Balaban J connectivity index is 1.33. The first kappa shape index (κ1) is 18.4. The summed E-state index contributed by atoms with van der Waals surface area (Å²) in [4.78, 5) is 35.4. The Labute approximate surface area is 164 Å². The summed E-state index contributed by atoms with van der Waals surface area (Å²) >= 11 is 0. The number of para-hydroxylation sites is 1. The molecule has 2 aromatic rings. The largest absolute Gasteiger partial charge is 0.484 e. The maximum Gasteiger partial charge on any atom is 0.271 e. The summed E-state index contributed by atoms with van der Waals surface area (Å²) in [5.74, 6) is 0.513. The van der Waals surface area contributed by atoms with Gasteiger partial charge in [0.25, 0.3) is 11.8 Å². The van der Waals surface area contributed by atoms with E-state index in [2.05, 4.69) is 15.3 Å². The third kappa shape index (κ3) is 3.98. The van der Waals surface area contributed by atoms with Crippen molar-refractivity contribution in [2.75, 3.05) is 6.61 Å². The lowest BCUT2D eigenvalue weighted by Crippen LogP contribution is -2.53. The van der Waals surface area contributed by atoms with Crippen molar-refractivity contribution in [2.24, 2.45) is 0 Å². The maximum atomic E-state index is 12.7. The smallest absolute Gasteiger partial charge is 0.271 e. The van der Waals surface area contributed by atoms with E-state index in [1.807, 2.05) is 42.2 Å². The van der Waals surface area contributed by atoms with Crippen LogP contribution in [0, 0.1) is 6.92 Å². The standard InChI is InChI=1S/C21H24N4O3/c1-14-11-23-19(12-22-14)21(27)24-15-9-16-7-8-17(10-15)25(16)20(26)13-28-18-5-3-2-4-6-18/h2-6,11-12,15-17H,7-10,13H2,1H3,(H,24,27)/t15?,16-,17+. The molecule has 1 N–H and O–H groups in total. The number of fused-ring (bicyclic) bond motifs is 2. The Morgan fingerprint density at radius 2 is 1.82 bits per heavy atom. The van der Waals surface area contributed by atoms with Crippen LogP contribution in [0.4, 0.5) is 0 Å². The van der Waals surface area contributed by atoms with Crippen LogP contribution in [0.2, 0.25) is 0 Å². The van der Waals surface area contributed by atoms with Crippen molar-refractivity contribution in [2.45, 2.75) is 50.7 Å². The average Bonchev–Trinajstić information content (AvgIpc) is 2.98. The van der Waals surface area contributed by atoms with Gasteiger partial charge in [0, 0.05) is 24.3 Å². The van der Waals surface area contributed by atoms with Crippen molar-refractivity contribution >= 4 is 11.8 Å². The van der Waals surface area contributed by atoms with E-state index in [0.29, 0.717) is 11.4 Å². The van der Waals surface area contributed by atoms with Crippen LogP contribution in [-0.4, -0.2) is 51.4 Å². The molecular weight excluding hydrogens is 356 g/mol. The molecule has 7 heteroatoms. The third-order valence-corrected chi connectivity index (χ3v) is 5.48. The van der Waals surface area contributed by atoms with Gasteiger partial charge >= 0.3 is 0 Å².